The molecule has 284 valence electrons. The predicted molar refractivity (Wildman–Crippen MR) is 224 cm³/mol. The molecule has 0 heterocycles. The molecule has 5 saturated carbocycles. The molecule has 0 aromatic carbocycles. The van der Waals surface area contributed by atoms with Gasteiger partial charge in [-0.15, -0.1) is 26.3 Å². The second kappa shape index (κ2) is 22.8. The van der Waals surface area contributed by atoms with Gasteiger partial charge < -0.3 is 17.7 Å². The van der Waals surface area contributed by atoms with E-state index in [-0.39, 0.29) is 24.4 Å². The zero-order valence-electron chi connectivity index (χ0n) is 32.1. The predicted octanol–water partition coefficient (Wildman–Crippen LogP) is 10.4. The maximum atomic E-state index is 7.32. The van der Waals surface area contributed by atoms with Crippen LogP contribution < -0.4 is 0 Å². The van der Waals surface area contributed by atoms with E-state index in [2.05, 4.69) is 49.1 Å². The van der Waals surface area contributed by atoms with Gasteiger partial charge in [-0.1, -0.05) is 151 Å². The molecule has 0 radical (unpaired) electrons. The summed E-state index contributed by atoms with van der Waals surface area (Å²) in [5.74, 6) is 3.22. The molecule has 0 N–H and O–H groups in total. The topological polar surface area (TPSA) is 36.9 Å². The van der Waals surface area contributed by atoms with Crippen molar-refractivity contribution >= 4 is 36.2 Å². The van der Waals surface area contributed by atoms with Gasteiger partial charge in [0.05, 0.1) is 24.4 Å². The Morgan fingerprint density at radius 3 is 0.720 bits per heavy atom. The van der Waals surface area contributed by atoms with Crippen LogP contribution in [0.25, 0.3) is 0 Å². The Hall–Kier alpha value is -0.332. The zero-order valence-corrected chi connectivity index (χ0v) is 36.7. The van der Waals surface area contributed by atoms with Gasteiger partial charge in [0.2, 0.25) is 36.2 Å². The molecule has 0 bridgehead atoms. The van der Waals surface area contributed by atoms with Crippen LogP contribution in [0.5, 0.6) is 0 Å². The summed E-state index contributed by atoms with van der Waals surface area (Å²) in [5.41, 5.74) is 8.90. The third-order valence-electron chi connectivity index (χ3n) is 13.4. The molecule has 0 aromatic rings. The third-order valence-corrected chi connectivity index (χ3v) is 22.8. The second-order valence-corrected chi connectivity index (χ2v) is 26.4. The highest BCUT2D eigenvalue weighted by atomic mass is 28.3. The molecule has 0 amide bonds. The van der Waals surface area contributed by atoms with Gasteiger partial charge in [0.1, 0.15) is 0 Å². The van der Waals surface area contributed by atoms with Gasteiger partial charge in [-0.2, -0.15) is 0 Å². The molecule has 4 nitrogen and oxygen atoms in total. The fraction of sp³-hybridized carbons (Fsp3) is 0.810. The van der Waals surface area contributed by atoms with Crippen molar-refractivity contribution in [3.8, 4) is 0 Å². The summed E-state index contributed by atoms with van der Waals surface area (Å²) >= 11 is 0. The Morgan fingerprint density at radius 1 is 0.340 bits per heavy atom. The lowest BCUT2D eigenvalue weighted by Gasteiger charge is -2.45. The van der Waals surface area contributed by atoms with Crippen LogP contribution in [0.2, 0.25) is 24.2 Å². The van der Waals surface area contributed by atoms with Crippen molar-refractivity contribution in [3.63, 3.8) is 0 Å². The lowest BCUT2D eigenvalue weighted by Crippen LogP contribution is -2.54. The van der Waals surface area contributed by atoms with Crippen molar-refractivity contribution in [2.75, 3.05) is 0 Å². The molecule has 0 saturated heterocycles. The van der Waals surface area contributed by atoms with Gasteiger partial charge >= 0.3 is 0 Å². The summed E-state index contributed by atoms with van der Waals surface area (Å²) in [7, 11) is -6.44. The normalized spacial score (nSPS) is 30.6. The molecule has 0 aromatic heterocycles. The highest BCUT2D eigenvalue weighted by Gasteiger charge is 2.43. The molecule has 5 aliphatic rings. The minimum atomic E-state index is -1.61. The fourth-order valence-corrected chi connectivity index (χ4v) is 19.5. The van der Waals surface area contributed by atoms with E-state index in [9.17, 15) is 0 Å². The van der Waals surface area contributed by atoms with E-state index >= 15 is 0 Å². The van der Waals surface area contributed by atoms with E-state index in [4.69, 9.17) is 17.7 Å². The molecule has 8 unspecified atom stereocenters. The first-order valence-electron chi connectivity index (χ1n) is 21.7. The summed E-state index contributed by atoms with van der Waals surface area (Å²) in [6, 6.07) is 4.89. The van der Waals surface area contributed by atoms with Crippen molar-refractivity contribution in [2.45, 2.75) is 190 Å². The molecule has 0 spiro atoms. The van der Waals surface area contributed by atoms with Crippen LogP contribution in [0.3, 0.4) is 0 Å². The van der Waals surface area contributed by atoms with Crippen LogP contribution >= 0.6 is 0 Å². The third kappa shape index (κ3) is 13.5. The molecule has 5 rings (SSSR count). The molecular formula is C42H76O4Si4. The van der Waals surface area contributed by atoms with E-state index in [1.807, 2.05) is 0 Å². The van der Waals surface area contributed by atoms with Crippen LogP contribution in [0.1, 0.15) is 141 Å². The quantitative estimate of drug-likeness (QED) is 0.116. The molecule has 5 fully saturated rings. The molecule has 8 heteroatoms. The van der Waals surface area contributed by atoms with E-state index in [1.54, 1.807) is 0 Å². The first-order chi connectivity index (χ1) is 24.6. The summed E-state index contributed by atoms with van der Waals surface area (Å²) in [6.07, 6.45) is 29.5. The molecule has 5 aliphatic carbocycles. The Labute approximate surface area is 315 Å². The smallest absolute Gasteiger partial charge is 0.201 e. The van der Waals surface area contributed by atoms with Gasteiger partial charge in [0.25, 0.3) is 0 Å². The summed E-state index contributed by atoms with van der Waals surface area (Å²) in [6.45, 7) is 17.4. The first-order valence-corrected chi connectivity index (χ1v) is 29.5. The summed E-state index contributed by atoms with van der Waals surface area (Å²) in [4.78, 5) is 0. The van der Waals surface area contributed by atoms with Crippen molar-refractivity contribution in [2.24, 2.45) is 23.7 Å². The van der Waals surface area contributed by atoms with Crippen LogP contribution in [0.4, 0.5) is 0 Å². The van der Waals surface area contributed by atoms with Crippen molar-refractivity contribution in [1.82, 2.24) is 0 Å². The van der Waals surface area contributed by atoms with E-state index < -0.39 is 36.2 Å². The lowest BCUT2D eigenvalue weighted by atomic mass is 9.90. The summed E-state index contributed by atoms with van der Waals surface area (Å²) < 4.78 is 29.3. The average molecular weight is 757 g/mol. The maximum Gasteiger partial charge on any atom is 0.201 e. The molecule has 0 aliphatic heterocycles. The largest absolute Gasteiger partial charge is 0.410 e. The van der Waals surface area contributed by atoms with Crippen molar-refractivity contribution < 1.29 is 17.7 Å². The number of hydrogen-bond donors (Lipinski definition) is 0. The Balaban J connectivity index is 1.35. The second-order valence-electron chi connectivity index (χ2n) is 17.2. The van der Waals surface area contributed by atoms with Gasteiger partial charge in [0, 0.05) is 12.8 Å². The van der Waals surface area contributed by atoms with Gasteiger partial charge in [-0.25, -0.2) is 0 Å². The average Bonchev–Trinajstić information content (AvgIpc) is 3.16. The minimum absolute atomic E-state index is 0.0516. The van der Waals surface area contributed by atoms with E-state index in [0.717, 1.165) is 36.5 Å². The molecule has 50 heavy (non-hydrogen) atoms. The highest BCUT2D eigenvalue weighted by molar-refractivity contribution is 6.59. The molecular weight excluding hydrogens is 681 g/mol. The molecule has 8 atom stereocenters. The van der Waals surface area contributed by atoms with Crippen LogP contribution in [0.15, 0.2) is 49.1 Å². The van der Waals surface area contributed by atoms with Crippen LogP contribution in [-0.4, -0.2) is 60.6 Å². The SMILES string of the molecule is C=C[SiH](CC1CCCCC1)OC1CC(O[SiH](C=C)CC2CCCCC2)C(O[SiH](C=C)CC2CCCCC2)CC1O[SiH](C=C)CC1CCCCC1. The maximum absolute atomic E-state index is 7.32. The summed E-state index contributed by atoms with van der Waals surface area (Å²) in [5, 5.41) is 0. The van der Waals surface area contributed by atoms with E-state index in [0.29, 0.717) is 0 Å². The standard InChI is InChI=1S/C42H76O4Si4/c1-5-47(31-35-21-13-9-14-22-35)43-39-29-41(45-49(7-3)33-37-25-17-11-18-26-37)42(46-50(8-4)34-38-27-19-12-20-28-38)30-40(39)44-48(6-2)32-36-23-15-10-16-24-36/h5-8,35-42,47-50H,1-4,9-34H2. The number of hydrogen-bond acceptors (Lipinski definition) is 4. The van der Waals surface area contributed by atoms with Crippen LogP contribution in [-0.2, 0) is 17.7 Å². The monoisotopic (exact) mass is 756 g/mol. The minimum Gasteiger partial charge on any atom is -0.410 e. The fourth-order valence-electron chi connectivity index (χ4n) is 10.4. The van der Waals surface area contributed by atoms with Crippen molar-refractivity contribution in [3.05, 3.63) is 49.1 Å². The van der Waals surface area contributed by atoms with Crippen molar-refractivity contribution in [1.29, 1.82) is 0 Å². The van der Waals surface area contributed by atoms with Gasteiger partial charge in [-0.05, 0) is 47.8 Å². The van der Waals surface area contributed by atoms with Gasteiger partial charge in [0.15, 0.2) is 0 Å². The Kier molecular flexibility index (Phi) is 18.6. The van der Waals surface area contributed by atoms with Crippen LogP contribution in [0, 0.1) is 23.7 Å². The Bertz CT molecular complexity index is 834. The van der Waals surface area contributed by atoms with E-state index in [1.165, 1.54) is 153 Å². The number of rotatable bonds is 20. The Morgan fingerprint density at radius 2 is 0.540 bits per heavy atom. The first kappa shape index (κ1) is 40.8. The zero-order chi connectivity index (χ0) is 35.0. The van der Waals surface area contributed by atoms with Gasteiger partial charge in [-0.3, -0.25) is 0 Å². The highest BCUT2D eigenvalue weighted by Crippen LogP contribution is 2.37. The lowest BCUT2D eigenvalue weighted by molar-refractivity contribution is -0.0775.